The molecule has 1 fully saturated rings. The van der Waals surface area contributed by atoms with Gasteiger partial charge < -0.3 is 10.6 Å². The van der Waals surface area contributed by atoms with Crippen LogP contribution in [0.5, 0.6) is 0 Å². The Balaban J connectivity index is 1.95. The molecule has 2 rings (SSSR count). The fourth-order valence-corrected chi connectivity index (χ4v) is 2.52. The van der Waals surface area contributed by atoms with Gasteiger partial charge in [-0.1, -0.05) is 19.3 Å². The number of hydrogen-bond acceptors (Lipinski definition) is 4. The van der Waals surface area contributed by atoms with Crippen LogP contribution in [0.3, 0.4) is 0 Å². The standard InChI is InChI=1S/C13H22N4/c1-17(10-11-5-3-2-4-6-11)13-15-8-7-12(9-14)16-13/h7-8,11H,2-6,9-10,14H2,1H3. The van der Waals surface area contributed by atoms with E-state index in [0.29, 0.717) is 6.54 Å². The van der Waals surface area contributed by atoms with Crippen LogP contribution < -0.4 is 10.6 Å². The molecule has 4 nitrogen and oxygen atoms in total. The first kappa shape index (κ1) is 12.3. The molecule has 0 spiro atoms. The van der Waals surface area contributed by atoms with Crippen LogP contribution in [0.2, 0.25) is 0 Å². The molecule has 0 saturated heterocycles. The number of hydrogen-bond donors (Lipinski definition) is 1. The molecule has 1 aromatic rings. The van der Waals surface area contributed by atoms with Crippen molar-refractivity contribution in [3.63, 3.8) is 0 Å². The summed E-state index contributed by atoms with van der Waals surface area (Å²) in [5.41, 5.74) is 6.50. The first-order chi connectivity index (χ1) is 8.29. The second kappa shape index (κ2) is 5.96. The van der Waals surface area contributed by atoms with Crippen molar-refractivity contribution >= 4 is 5.95 Å². The van der Waals surface area contributed by atoms with E-state index in [9.17, 15) is 0 Å². The van der Waals surface area contributed by atoms with E-state index in [4.69, 9.17) is 5.73 Å². The summed E-state index contributed by atoms with van der Waals surface area (Å²) in [6, 6.07) is 1.87. The van der Waals surface area contributed by atoms with Gasteiger partial charge >= 0.3 is 0 Å². The third-order valence-electron chi connectivity index (χ3n) is 3.51. The summed E-state index contributed by atoms with van der Waals surface area (Å²) in [6.45, 7) is 1.54. The fourth-order valence-electron chi connectivity index (χ4n) is 2.52. The molecule has 94 valence electrons. The highest BCUT2D eigenvalue weighted by Gasteiger charge is 2.16. The van der Waals surface area contributed by atoms with Gasteiger partial charge in [0.2, 0.25) is 5.95 Å². The lowest BCUT2D eigenvalue weighted by atomic mass is 9.89. The summed E-state index contributed by atoms with van der Waals surface area (Å²) in [5.74, 6) is 1.61. The van der Waals surface area contributed by atoms with E-state index in [1.165, 1.54) is 32.1 Å². The van der Waals surface area contributed by atoms with Crippen molar-refractivity contribution in [2.45, 2.75) is 38.6 Å². The van der Waals surface area contributed by atoms with Crippen LogP contribution >= 0.6 is 0 Å². The smallest absolute Gasteiger partial charge is 0.225 e. The molecular weight excluding hydrogens is 212 g/mol. The van der Waals surface area contributed by atoms with Crippen LogP contribution in [0.15, 0.2) is 12.3 Å². The Morgan fingerprint density at radius 1 is 1.35 bits per heavy atom. The third kappa shape index (κ3) is 3.40. The average molecular weight is 234 g/mol. The lowest BCUT2D eigenvalue weighted by Crippen LogP contribution is -2.28. The maximum atomic E-state index is 5.59. The number of aromatic nitrogens is 2. The van der Waals surface area contributed by atoms with Crippen LogP contribution in [0, 0.1) is 5.92 Å². The van der Waals surface area contributed by atoms with Gasteiger partial charge in [0.1, 0.15) is 0 Å². The zero-order valence-corrected chi connectivity index (χ0v) is 10.6. The lowest BCUT2D eigenvalue weighted by Gasteiger charge is -2.27. The van der Waals surface area contributed by atoms with Crippen LogP contribution in [-0.4, -0.2) is 23.6 Å². The average Bonchev–Trinajstić information content (AvgIpc) is 2.40. The largest absolute Gasteiger partial charge is 0.344 e. The Bertz CT molecular complexity index is 347. The predicted molar refractivity (Wildman–Crippen MR) is 69.8 cm³/mol. The van der Waals surface area contributed by atoms with Crippen LogP contribution in [-0.2, 0) is 6.54 Å². The Morgan fingerprint density at radius 3 is 2.82 bits per heavy atom. The molecular formula is C13H22N4. The summed E-state index contributed by atoms with van der Waals surface area (Å²) < 4.78 is 0. The minimum absolute atomic E-state index is 0.479. The number of nitrogens with two attached hydrogens (primary N) is 1. The quantitative estimate of drug-likeness (QED) is 0.865. The van der Waals surface area contributed by atoms with E-state index in [1.54, 1.807) is 6.20 Å². The second-order valence-electron chi connectivity index (χ2n) is 4.94. The van der Waals surface area contributed by atoms with Crippen molar-refractivity contribution in [1.29, 1.82) is 0 Å². The maximum Gasteiger partial charge on any atom is 0.225 e. The van der Waals surface area contributed by atoms with Crippen molar-refractivity contribution < 1.29 is 0 Å². The Labute approximate surface area is 103 Å². The molecule has 0 atom stereocenters. The van der Waals surface area contributed by atoms with Gasteiger partial charge in [0.05, 0.1) is 5.69 Å². The Hall–Kier alpha value is -1.16. The Morgan fingerprint density at radius 2 is 2.12 bits per heavy atom. The number of rotatable bonds is 4. The van der Waals surface area contributed by atoms with Crippen molar-refractivity contribution in [2.24, 2.45) is 11.7 Å². The maximum absolute atomic E-state index is 5.59. The molecule has 0 amide bonds. The molecule has 1 aliphatic rings. The topological polar surface area (TPSA) is 55.0 Å². The van der Waals surface area contributed by atoms with Crippen LogP contribution in [0.1, 0.15) is 37.8 Å². The first-order valence-corrected chi connectivity index (χ1v) is 6.52. The van der Waals surface area contributed by atoms with E-state index >= 15 is 0 Å². The highest BCUT2D eigenvalue weighted by Crippen LogP contribution is 2.24. The van der Waals surface area contributed by atoms with Gasteiger partial charge in [-0.2, -0.15) is 0 Å². The van der Waals surface area contributed by atoms with Gasteiger partial charge in [0, 0.05) is 26.3 Å². The van der Waals surface area contributed by atoms with E-state index in [-0.39, 0.29) is 0 Å². The van der Waals surface area contributed by atoms with Gasteiger partial charge in [-0.3, -0.25) is 0 Å². The number of anilines is 1. The van der Waals surface area contributed by atoms with Gasteiger partial charge in [0.25, 0.3) is 0 Å². The van der Waals surface area contributed by atoms with Gasteiger partial charge in [-0.05, 0) is 24.8 Å². The first-order valence-electron chi connectivity index (χ1n) is 6.52. The fraction of sp³-hybridized carbons (Fsp3) is 0.692. The molecule has 1 heterocycles. The zero-order chi connectivity index (χ0) is 12.1. The molecule has 0 unspecified atom stereocenters. The normalized spacial score (nSPS) is 17.1. The van der Waals surface area contributed by atoms with Gasteiger partial charge in [-0.25, -0.2) is 9.97 Å². The summed E-state index contributed by atoms with van der Waals surface area (Å²) in [7, 11) is 2.07. The van der Waals surface area contributed by atoms with Crippen molar-refractivity contribution in [2.75, 3.05) is 18.5 Å². The SMILES string of the molecule is CN(CC1CCCCC1)c1nccc(CN)n1. The monoisotopic (exact) mass is 234 g/mol. The molecule has 1 aliphatic carbocycles. The molecule has 2 N–H and O–H groups in total. The van der Waals surface area contributed by atoms with Gasteiger partial charge in [-0.15, -0.1) is 0 Å². The van der Waals surface area contributed by atoms with E-state index in [1.807, 2.05) is 6.07 Å². The molecule has 0 bridgehead atoms. The zero-order valence-electron chi connectivity index (χ0n) is 10.6. The molecule has 17 heavy (non-hydrogen) atoms. The van der Waals surface area contributed by atoms with Crippen LogP contribution in [0.4, 0.5) is 5.95 Å². The molecule has 1 aromatic heterocycles. The summed E-state index contributed by atoms with van der Waals surface area (Å²) in [5, 5.41) is 0. The van der Waals surface area contributed by atoms with E-state index in [2.05, 4.69) is 21.9 Å². The summed E-state index contributed by atoms with van der Waals surface area (Å²) in [6.07, 6.45) is 8.65. The second-order valence-corrected chi connectivity index (χ2v) is 4.94. The van der Waals surface area contributed by atoms with Gasteiger partial charge in [0.15, 0.2) is 0 Å². The molecule has 0 aromatic carbocycles. The summed E-state index contributed by atoms with van der Waals surface area (Å²) >= 11 is 0. The summed E-state index contributed by atoms with van der Waals surface area (Å²) in [4.78, 5) is 10.9. The molecule has 0 aliphatic heterocycles. The Kier molecular flexibility index (Phi) is 4.31. The molecule has 4 heteroatoms. The van der Waals surface area contributed by atoms with Crippen molar-refractivity contribution in [3.05, 3.63) is 18.0 Å². The van der Waals surface area contributed by atoms with E-state index in [0.717, 1.165) is 24.1 Å². The molecule has 0 radical (unpaired) electrons. The van der Waals surface area contributed by atoms with Crippen LogP contribution in [0.25, 0.3) is 0 Å². The minimum Gasteiger partial charge on any atom is -0.344 e. The van der Waals surface area contributed by atoms with Crippen molar-refractivity contribution in [3.8, 4) is 0 Å². The molecule has 1 saturated carbocycles. The highest BCUT2D eigenvalue weighted by molar-refractivity contribution is 5.28. The third-order valence-corrected chi connectivity index (χ3v) is 3.51. The predicted octanol–water partition coefficient (Wildman–Crippen LogP) is 1.95. The van der Waals surface area contributed by atoms with E-state index < -0.39 is 0 Å². The lowest BCUT2D eigenvalue weighted by molar-refractivity contribution is 0.361. The minimum atomic E-state index is 0.479. The number of nitrogens with zero attached hydrogens (tertiary/aromatic N) is 3. The van der Waals surface area contributed by atoms with Crippen molar-refractivity contribution in [1.82, 2.24) is 9.97 Å². The highest BCUT2D eigenvalue weighted by atomic mass is 15.2.